The lowest BCUT2D eigenvalue weighted by atomic mass is 9.88. The Morgan fingerprint density at radius 1 is 0.448 bits per heavy atom. The van der Waals surface area contributed by atoms with Crippen molar-refractivity contribution >= 4 is 10.1 Å². The van der Waals surface area contributed by atoms with Crippen molar-refractivity contribution in [2.75, 3.05) is 0 Å². The molecular weight excluding hydrogens is 849 g/mol. The lowest BCUT2D eigenvalue weighted by molar-refractivity contribution is -0.270. The van der Waals surface area contributed by atoms with Crippen LogP contribution in [-0.4, -0.2) is 18.6 Å². The Morgan fingerprint density at radius 3 is 1.10 bits per heavy atom. The third-order valence-corrected chi connectivity index (χ3v) is 12.5. The van der Waals surface area contributed by atoms with E-state index < -0.39 is 10.1 Å². The predicted octanol–water partition coefficient (Wildman–Crippen LogP) is 14.2. The van der Waals surface area contributed by atoms with E-state index in [2.05, 4.69) is 24.3 Å². The first-order valence-electron chi connectivity index (χ1n) is 23.2. The van der Waals surface area contributed by atoms with Crippen molar-refractivity contribution in [1.29, 1.82) is 0 Å². The Balaban J connectivity index is 0.00000143. The van der Waals surface area contributed by atoms with Gasteiger partial charge < -0.3 is 19.5 Å². The number of phenols is 2. The van der Waals surface area contributed by atoms with Gasteiger partial charge in [0.15, 0.2) is 0 Å². The van der Waals surface area contributed by atoms with Gasteiger partial charge in [0.05, 0.1) is 0 Å². The molecule has 0 spiro atoms. The third-order valence-electron chi connectivity index (χ3n) is 11.3. The quantitative estimate of drug-likeness (QED) is 0.140. The number of rotatable bonds is 9. The monoisotopic (exact) mass is 922 g/mol. The van der Waals surface area contributed by atoms with E-state index in [0.717, 1.165) is 41.5 Å². The third kappa shape index (κ3) is 14.1. The number of benzene rings is 7. The molecule has 0 heterocycles. The van der Waals surface area contributed by atoms with E-state index in [1.54, 1.807) is 18.2 Å². The normalized spacial score (nSPS) is 11.3. The average molecular weight is 922 g/mol. The summed E-state index contributed by atoms with van der Waals surface area (Å²) in [6.07, 6.45) is 3.65. The molecule has 1 aliphatic carbocycles. The second-order valence-corrected chi connectivity index (χ2v) is 17.4. The van der Waals surface area contributed by atoms with Crippen LogP contribution in [0.2, 0.25) is 0 Å². The number of hydrogen-bond donors (Lipinski definition) is 2. The van der Waals surface area contributed by atoms with E-state index >= 15 is 0 Å². The van der Waals surface area contributed by atoms with Crippen LogP contribution >= 0.6 is 0 Å². The number of aryl methyl sites for hydroxylation is 6. The zero-order valence-electron chi connectivity index (χ0n) is 39.4. The van der Waals surface area contributed by atoms with Crippen molar-refractivity contribution in [2.45, 2.75) is 127 Å². The second kappa shape index (κ2) is 26.1. The molecule has 2 N–H and O–H groups in total. The van der Waals surface area contributed by atoms with Crippen LogP contribution in [-0.2, 0) is 61.5 Å². The summed E-state index contributed by atoms with van der Waals surface area (Å²) in [5.74, 6) is 0.180. The summed E-state index contributed by atoms with van der Waals surface area (Å²) in [6.45, 7) is 15.9. The molecule has 1 aliphatic rings. The highest BCUT2D eigenvalue weighted by Crippen LogP contribution is 2.40. The van der Waals surface area contributed by atoms with Crippen LogP contribution in [0.5, 0.6) is 23.0 Å². The zero-order chi connectivity index (χ0) is 47.1. The predicted molar refractivity (Wildman–Crippen MR) is 279 cm³/mol. The van der Waals surface area contributed by atoms with Crippen molar-refractivity contribution in [3.05, 3.63) is 217 Å². The van der Waals surface area contributed by atoms with Gasteiger partial charge in [-0.15, -0.1) is 5.75 Å². The molecule has 7 aromatic carbocycles. The summed E-state index contributed by atoms with van der Waals surface area (Å²) in [7, 11) is -4.29. The van der Waals surface area contributed by atoms with Crippen LogP contribution in [0.3, 0.4) is 0 Å². The molecule has 0 unspecified atom stereocenters. The van der Waals surface area contributed by atoms with E-state index in [9.17, 15) is 23.7 Å². The fourth-order valence-corrected chi connectivity index (χ4v) is 9.43. The van der Waals surface area contributed by atoms with Crippen molar-refractivity contribution in [1.82, 2.24) is 0 Å². The number of fused-ring (bicyclic) bond motifs is 8. The lowest BCUT2D eigenvalue weighted by Gasteiger charge is -2.24. The molecule has 67 heavy (non-hydrogen) atoms. The van der Waals surface area contributed by atoms with Crippen LogP contribution in [0.1, 0.15) is 134 Å². The summed E-state index contributed by atoms with van der Waals surface area (Å²) in [6, 6.07) is 44.0. The van der Waals surface area contributed by atoms with Crippen molar-refractivity contribution < 1.29 is 27.9 Å². The topological polar surface area (TPSA) is 107 Å². The largest absolute Gasteiger partial charge is 0.872 e. The zero-order valence-corrected chi connectivity index (χ0v) is 40.2. The minimum atomic E-state index is -4.29. The first kappa shape index (κ1) is 55.0. The number of aromatic hydroxyl groups is 2. The summed E-state index contributed by atoms with van der Waals surface area (Å²) in [5.41, 5.74) is 10.9. The highest BCUT2D eigenvalue weighted by molar-refractivity contribution is 7.87. The van der Waals surface area contributed by atoms with Gasteiger partial charge in [-0.3, -0.25) is 0 Å². The van der Waals surface area contributed by atoms with Crippen molar-refractivity contribution in [2.24, 2.45) is 0 Å². The Labute approximate surface area is 403 Å². The van der Waals surface area contributed by atoms with Gasteiger partial charge in [0.2, 0.25) is 0 Å². The molecule has 356 valence electrons. The molecule has 7 heteroatoms. The first-order valence-corrected chi connectivity index (χ1v) is 24.6. The lowest BCUT2D eigenvalue weighted by Crippen LogP contribution is -2.14. The number of hydrogen-bond acceptors (Lipinski definition) is 6. The second-order valence-electron chi connectivity index (χ2n) is 15.9. The van der Waals surface area contributed by atoms with Gasteiger partial charge in [-0.1, -0.05) is 206 Å². The van der Waals surface area contributed by atoms with Crippen LogP contribution in [0.4, 0.5) is 0 Å². The van der Waals surface area contributed by atoms with Crippen LogP contribution in [0.15, 0.2) is 144 Å². The van der Waals surface area contributed by atoms with Gasteiger partial charge in [-0.05, 0) is 96.2 Å². The SMILES string of the molecule is C.C.CC.CC.CC.Cc1cc2c(O)c(c1)Cc1cc(CCc3ccccc3)cc(c1OS(=O)(=O)c1ccccc1)Cc1cc(C)cc(c1O)Cc1cc(CCc3ccccc3)cc(c1[O-])C2. The van der Waals surface area contributed by atoms with Crippen LogP contribution in [0, 0.1) is 13.8 Å². The van der Waals surface area contributed by atoms with Crippen molar-refractivity contribution in [3.63, 3.8) is 0 Å². The van der Waals surface area contributed by atoms with E-state index in [0.29, 0.717) is 50.9 Å². The fourth-order valence-electron chi connectivity index (χ4n) is 8.41. The number of phenolic OH excluding ortho intramolecular Hbond substituents is 2. The van der Waals surface area contributed by atoms with Gasteiger partial charge in [0.25, 0.3) is 0 Å². The van der Waals surface area contributed by atoms with Gasteiger partial charge >= 0.3 is 10.1 Å². The highest BCUT2D eigenvalue weighted by atomic mass is 32.2. The first-order chi connectivity index (χ1) is 31.5. The maximum absolute atomic E-state index is 14.4. The molecule has 8 rings (SSSR count). The summed E-state index contributed by atoms with van der Waals surface area (Å²) in [5, 5.41) is 38.5. The standard InChI is InChI=1S/C52H48O6S.3C2H6.2CH4/c1-34-22-40-30-44-26-38(20-18-36-12-6-3-7-13-36)27-45(51(44)55)31-41-23-35(2)25-43(50(41)54)33-47-29-39(21-19-37-14-8-4-9-15-37)28-46(32-42(24-34)49(40)53)52(47)58-59(56,57)48-16-10-5-11-17-48;3*1-2;;/h3-17,22-29,53-55H,18-21,30-33H2,1-2H3;3*1-2H3;2*1H4/p-1. The maximum Gasteiger partial charge on any atom is 0.339 e. The molecule has 0 saturated carbocycles. The molecular formula is C60H73O6S-. The van der Waals surface area contributed by atoms with Crippen molar-refractivity contribution in [3.8, 4) is 23.0 Å². The highest BCUT2D eigenvalue weighted by Gasteiger charge is 2.25. The molecule has 6 nitrogen and oxygen atoms in total. The summed E-state index contributed by atoms with van der Waals surface area (Å²) < 4.78 is 34.2. The molecule has 8 bridgehead atoms. The van der Waals surface area contributed by atoms with E-state index in [1.165, 1.54) is 23.3 Å². The molecule has 0 aromatic heterocycles. The maximum atomic E-state index is 14.4. The Bertz CT molecular complexity index is 2640. The van der Waals surface area contributed by atoms with Gasteiger partial charge in [0, 0.05) is 36.8 Å². The fraction of sp³-hybridized carbons (Fsp3) is 0.300. The molecule has 0 fully saturated rings. The molecule has 7 aromatic rings. The van der Waals surface area contributed by atoms with Crippen LogP contribution in [0.25, 0.3) is 0 Å². The van der Waals surface area contributed by atoms with E-state index in [1.807, 2.05) is 140 Å². The minimum absolute atomic E-state index is 0. The van der Waals surface area contributed by atoms with Gasteiger partial charge in [-0.25, -0.2) is 0 Å². The summed E-state index contributed by atoms with van der Waals surface area (Å²) in [4.78, 5) is 0.0197. The Kier molecular flexibility index (Phi) is 21.5. The smallest absolute Gasteiger partial charge is 0.339 e. The van der Waals surface area contributed by atoms with E-state index in [4.69, 9.17) is 4.18 Å². The Hall–Kier alpha value is -6.31. The molecule has 0 saturated heterocycles. The summed E-state index contributed by atoms with van der Waals surface area (Å²) >= 11 is 0. The van der Waals surface area contributed by atoms with Gasteiger partial charge in [-0.2, -0.15) is 8.42 Å². The molecule has 0 atom stereocenters. The Morgan fingerprint density at radius 2 is 0.746 bits per heavy atom. The molecule has 0 amide bonds. The molecule has 0 radical (unpaired) electrons. The average Bonchev–Trinajstić information content (AvgIpc) is 3.33. The molecule has 0 aliphatic heterocycles. The van der Waals surface area contributed by atoms with Gasteiger partial charge in [0.1, 0.15) is 22.1 Å². The van der Waals surface area contributed by atoms with Crippen LogP contribution < -0.4 is 9.29 Å². The van der Waals surface area contributed by atoms with E-state index in [-0.39, 0.29) is 68.4 Å². The minimum Gasteiger partial charge on any atom is -0.872 e.